The zero-order valence-corrected chi connectivity index (χ0v) is 7.11. The molecule has 1 atom stereocenters. The van der Waals surface area contributed by atoms with E-state index in [2.05, 4.69) is 12.6 Å². The Morgan fingerprint density at radius 3 is 2.45 bits per heavy atom. The van der Waals surface area contributed by atoms with Crippen molar-refractivity contribution in [1.82, 2.24) is 0 Å². The van der Waals surface area contributed by atoms with Crippen LogP contribution in [-0.2, 0) is 6.54 Å². The van der Waals surface area contributed by atoms with Crippen LogP contribution < -0.4 is 4.57 Å². The number of hydrogen-bond acceptors (Lipinski definition) is 2. The van der Waals surface area contributed by atoms with Crippen LogP contribution in [-0.4, -0.2) is 17.0 Å². The van der Waals surface area contributed by atoms with Crippen molar-refractivity contribution in [3.63, 3.8) is 0 Å². The summed E-state index contributed by atoms with van der Waals surface area (Å²) in [5, 5.41) is 9.21. The summed E-state index contributed by atoms with van der Waals surface area (Å²) < 4.78 is 1.93. The van der Waals surface area contributed by atoms with Gasteiger partial charge in [0.1, 0.15) is 6.10 Å². The Hall–Kier alpha value is -0.540. The van der Waals surface area contributed by atoms with Gasteiger partial charge in [-0.25, -0.2) is 4.57 Å². The summed E-state index contributed by atoms with van der Waals surface area (Å²) in [5.74, 6) is 0.502. The summed E-state index contributed by atoms with van der Waals surface area (Å²) in [5.41, 5.74) is 0. The number of aliphatic hydroxyl groups excluding tert-OH is 1. The average molecular weight is 170 g/mol. The third kappa shape index (κ3) is 2.91. The monoisotopic (exact) mass is 170 g/mol. The van der Waals surface area contributed by atoms with E-state index in [0.717, 1.165) is 0 Å². The van der Waals surface area contributed by atoms with E-state index in [9.17, 15) is 5.11 Å². The Morgan fingerprint density at radius 2 is 1.91 bits per heavy atom. The molecule has 0 saturated carbocycles. The number of thiol groups is 1. The SMILES string of the molecule is OC(CS)C[n+]1ccccc1. The lowest BCUT2D eigenvalue weighted by atomic mass is 10.4. The zero-order valence-electron chi connectivity index (χ0n) is 6.22. The molecular weight excluding hydrogens is 158 g/mol. The van der Waals surface area contributed by atoms with Crippen LogP contribution in [0.2, 0.25) is 0 Å². The first-order valence-electron chi connectivity index (χ1n) is 3.56. The van der Waals surface area contributed by atoms with Gasteiger partial charge in [0.2, 0.25) is 0 Å². The standard InChI is InChI=1S/C8H11NOS/c10-8(7-11)6-9-4-2-1-3-5-9/h1-5,8,10H,6-7H2/p+1. The smallest absolute Gasteiger partial charge is 0.174 e. The molecule has 1 aromatic rings. The Balaban J connectivity index is 2.51. The van der Waals surface area contributed by atoms with E-state index in [-0.39, 0.29) is 6.10 Å². The molecule has 1 N–H and O–H groups in total. The molecule has 60 valence electrons. The van der Waals surface area contributed by atoms with Crippen molar-refractivity contribution in [1.29, 1.82) is 0 Å². The normalized spacial score (nSPS) is 12.9. The fraction of sp³-hybridized carbons (Fsp3) is 0.375. The van der Waals surface area contributed by atoms with Crippen molar-refractivity contribution in [3.8, 4) is 0 Å². The largest absolute Gasteiger partial charge is 0.386 e. The van der Waals surface area contributed by atoms with Crippen molar-refractivity contribution in [3.05, 3.63) is 30.6 Å². The molecule has 0 aromatic carbocycles. The Bertz CT molecular complexity index is 203. The van der Waals surface area contributed by atoms with Gasteiger partial charge in [0.05, 0.1) is 0 Å². The van der Waals surface area contributed by atoms with Gasteiger partial charge in [0, 0.05) is 17.9 Å². The molecule has 1 aromatic heterocycles. The maximum atomic E-state index is 9.21. The molecule has 0 saturated heterocycles. The van der Waals surface area contributed by atoms with E-state index in [0.29, 0.717) is 12.3 Å². The number of aromatic nitrogens is 1. The highest BCUT2D eigenvalue weighted by Crippen LogP contribution is 1.86. The lowest BCUT2D eigenvalue weighted by Crippen LogP contribution is -2.39. The summed E-state index contributed by atoms with van der Waals surface area (Å²) in [4.78, 5) is 0. The number of hydrogen-bond donors (Lipinski definition) is 2. The zero-order chi connectivity index (χ0) is 8.10. The minimum absolute atomic E-state index is 0.356. The second-order valence-corrected chi connectivity index (χ2v) is 2.77. The summed E-state index contributed by atoms with van der Waals surface area (Å²) in [7, 11) is 0. The van der Waals surface area contributed by atoms with Crippen LogP contribution in [0.4, 0.5) is 0 Å². The first-order chi connectivity index (χ1) is 5.33. The second kappa shape index (κ2) is 4.36. The van der Waals surface area contributed by atoms with Crippen molar-refractivity contribution in [2.75, 3.05) is 5.75 Å². The molecule has 0 aliphatic heterocycles. The van der Waals surface area contributed by atoms with Crippen LogP contribution in [0, 0.1) is 0 Å². The van der Waals surface area contributed by atoms with Gasteiger partial charge in [0.15, 0.2) is 18.9 Å². The first kappa shape index (κ1) is 8.56. The highest BCUT2D eigenvalue weighted by atomic mass is 32.1. The molecular formula is C8H12NOS+. The predicted octanol–water partition coefficient (Wildman–Crippen LogP) is 0.265. The topological polar surface area (TPSA) is 24.1 Å². The van der Waals surface area contributed by atoms with Crippen LogP contribution in [0.1, 0.15) is 0 Å². The summed E-state index contributed by atoms with van der Waals surface area (Å²) in [6, 6.07) is 5.82. The molecule has 0 amide bonds. The van der Waals surface area contributed by atoms with Crippen molar-refractivity contribution in [2.45, 2.75) is 12.6 Å². The number of pyridine rings is 1. The Kier molecular flexibility index (Phi) is 3.39. The van der Waals surface area contributed by atoms with Gasteiger partial charge in [-0.2, -0.15) is 12.6 Å². The fourth-order valence-corrected chi connectivity index (χ4v) is 0.973. The van der Waals surface area contributed by atoms with Gasteiger partial charge in [-0.05, 0) is 0 Å². The summed E-state index contributed by atoms with van der Waals surface area (Å²) >= 11 is 3.98. The molecule has 11 heavy (non-hydrogen) atoms. The van der Waals surface area contributed by atoms with Crippen molar-refractivity contribution in [2.24, 2.45) is 0 Å². The second-order valence-electron chi connectivity index (χ2n) is 2.41. The van der Waals surface area contributed by atoms with Gasteiger partial charge < -0.3 is 5.11 Å². The minimum atomic E-state index is -0.356. The quantitative estimate of drug-likeness (QED) is 0.493. The number of aliphatic hydroxyl groups is 1. The van der Waals surface area contributed by atoms with Gasteiger partial charge in [0.25, 0.3) is 0 Å². The molecule has 0 fully saturated rings. The molecule has 0 radical (unpaired) electrons. The molecule has 0 aliphatic carbocycles. The van der Waals surface area contributed by atoms with E-state index in [1.807, 2.05) is 35.2 Å². The first-order valence-corrected chi connectivity index (χ1v) is 4.19. The van der Waals surface area contributed by atoms with Crippen molar-refractivity contribution >= 4 is 12.6 Å². The molecule has 1 rings (SSSR count). The summed E-state index contributed by atoms with van der Waals surface area (Å²) in [6.07, 6.45) is 3.49. The van der Waals surface area contributed by atoms with Crippen molar-refractivity contribution < 1.29 is 9.67 Å². The van der Waals surface area contributed by atoms with Crippen LogP contribution in [0.5, 0.6) is 0 Å². The highest BCUT2D eigenvalue weighted by Gasteiger charge is 2.06. The van der Waals surface area contributed by atoms with Gasteiger partial charge in [-0.3, -0.25) is 0 Å². The molecule has 0 spiro atoms. The third-order valence-electron chi connectivity index (χ3n) is 1.41. The van der Waals surface area contributed by atoms with Crippen LogP contribution in [0.15, 0.2) is 30.6 Å². The molecule has 1 unspecified atom stereocenters. The molecule has 2 nitrogen and oxygen atoms in total. The minimum Gasteiger partial charge on any atom is -0.386 e. The van der Waals surface area contributed by atoms with E-state index >= 15 is 0 Å². The van der Waals surface area contributed by atoms with E-state index in [1.54, 1.807) is 0 Å². The predicted molar refractivity (Wildman–Crippen MR) is 46.5 cm³/mol. The lowest BCUT2D eigenvalue weighted by molar-refractivity contribution is -0.702. The van der Waals surface area contributed by atoms with E-state index in [1.165, 1.54) is 0 Å². The van der Waals surface area contributed by atoms with E-state index < -0.39 is 0 Å². The fourth-order valence-electron chi connectivity index (χ4n) is 0.857. The Morgan fingerprint density at radius 1 is 1.27 bits per heavy atom. The molecule has 1 heterocycles. The molecule has 0 bridgehead atoms. The third-order valence-corrected chi connectivity index (χ3v) is 1.83. The maximum Gasteiger partial charge on any atom is 0.174 e. The van der Waals surface area contributed by atoms with Crippen LogP contribution >= 0.6 is 12.6 Å². The highest BCUT2D eigenvalue weighted by molar-refractivity contribution is 7.80. The van der Waals surface area contributed by atoms with Gasteiger partial charge >= 0.3 is 0 Å². The van der Waals surface area contributed by atoms with Gasteiger partial charge in [-0.15, -0.1) is 0 Å². The van der Waals surface area contributed by atoms with E-state index in [4.69, 9.17) is 0 Å². The van der Waals surface area contributed by atoms with Crippen LogP contribution in [0.3, 0.4) is 0 Å². The average Bonchev–Trinajstić information content (AvgIpc) is 2.06. The molecule has 0 aliphatic rings. The maximum absolute atomic E-state index is 9.21. The number of nitrogens with zero attached hydrogens (tertiary/aromatic N) is 1. The Labute approximate surface area is 71.9 Å². The molecule has 3 heteroatoms. The number of rotatable bonds is 3. The summed E-state index contributed by atoms with van der Waals surface area (Å²) in [6.45, 7) is 0.615. The lowest BCUT2D eigenvalue weighted by Gasteiger charge is -2.01. The van der Waals surface area contributed by atoms with Crippen LogP contribution in [0.25, 0.3) is 0 Å². The van der Waals surface area contributed by atoms with Gasteiger partial charge in [-0.1, -0.05) is 6.07 Å².